The number of amides is 1. The van der Waals surface area contributed by atoms with E-state index in [9.17, 15) is 4.79 Å². The summed E-state index contributed by atoms with van der Waals surface area (Å²) >= 11 is 0. The Morgan fingerprint density at radius 2 is 1.73 bits per heavy atom. The highest BCUT2D eigenvalue weighted by molar-refractivity contribution is 5.84. The SMILES string of the molecule is CN(C)C(=O)C1(CN=C(N)NC2CCCCCC2)CCCC1. The number of nitrogens with one attached hydrogen (secondary N) is 1. The van der Waals surface area contributed by atoms with Crippen molar-refractivity contribution in [3.05, 3.63) is 0 Å². The molecule has 0 spiro atoms. The maximum Gasteiger partial charge on any atom is 0.230 e. The summed E-state index contributed by atoms with van der Waals surface area (Å²) < 4.78 is 0. The van der Waals surface area contributed by atoms with Crippen molar-refractivity contribution in [3.8, 4) is 0 Å². The normalized spacial score (nSPS) is 23.1. The second-order valence-corrected chi connectivity index (χ2v) is 7.22. The molecule has 2 saturated carbocycles. The van der Waals surface area contributed by atoms with Crippen LogP contribution in [0.15, 0.2) is 4.99 Å². The molecular weight excluding hydrogens is 276 g/mol. The quantitative estimate of drug-likeness (QED) is 0.475. The summed E-state index contributed by atoms with van der Waals surface area (Å²) in [6.07, 6.45) is 11.7. The van der Waals surface area contributed by atoms with Crippen LogP contribution in [0.25, 0.3) is 0 Å². The topological polar surface area (TPSA) is 70.7 Å². The van der Waals surface area contributed by atoms with Crippen molar-refractivity contribution < 1.29 is 4.79 Å². The van der Waals surface area contributed by atoms with Gasteiger partial charge in [-0.15, -0.1) is 0 Å². The van der Waals surface area contributed by atoms with Crippen LogP contribution in [0, 0.1) is 5.41 Å². The van der Waals surface area contributed by atoms with Crippen molar-refractivity contribution in [2.24, 2.45) is 16.1 Å². The largest absolute Gasteiger partial charge is 0.370 e. The molecule has 2 fully saturated rings. The lowest BCUT2D eigenvalue weighted by Crippen LogP contribution is -2.43. The molecule has 0 bridgehead atoms. The van der Waals surface area contributed by atoms with Crippen molar-refractivity contribution in [2.45, 2.75) is 70.3 Å². The second kappa shape index (κ2) is 7.84. The molecule has 5 heteroatoms. The van der Waals surface area contributed by atoms with Crippen molar-refractivity contribution in [1.29, 1.82) is 0 Å². The van der Waals surface area contributed by atoms with Crippen molar-refractivity contribution in [2.75, 3.05) is 20.6 Å². The molecule has 0 aromatic rings. The third-order valence-electron chi connectivity index (χ3n) is 5.18. The second-order valence-electron chi connectivity index (χ2n) is 7.22. The van der Waals surface area contributed by atoms with Crippen LogP contribution in [0.1, 0.15) is 64.2 Å². The fourth-order valence-corrected chi connectivity index (χ4v) is 3.88. The zero-order valence-corrected chi connectivity index (χ0v) is 14.2. The van der Waals surface area contributed by atoms with Gasteiger partial charge in [-0.1, -0.05) is 38.5 Å². The number of nitrogens with two attached hydrogens (primary N) is 1. The van der Waals surface area contributed by atoms with Gasteiger partial charge in [0.05, 0.1) is 12.0 Å². The Morgan fingerprint density at radius 3 is 2.27 bits per heavy atom. The van der Waals surface area contributed by atoms with Gasteiger partial charge in [-0.25, -0.2) is 0 Å². The minimum absolute atomic E-state index is 0.205. The number of carbonyl (C=O) groups excluding carboxylic acids is 1. The summed E-state index contributed by atoms with van der Waals surface area (Å²) in [5.41, 5.74) is 5.76. The van der Waals surface area contributed by atoms with Gasteiger partial charge < -0.3 is 16.0 Å². The molecule has 3 N–H and O–H groups in total. The fraction of sp³-hybridized carbons (Fsp3) is 0.882. The lowest BCUT2D eigenvalue weighted by Gasteiger charge is -2.29. The van der Waals surface area contributed by atoms with Crippen LogP contribution in [0.3, 0.4) is 0 Å². The van der Waals surface area contributed by atoms with Crippen LogP contribution >= 0.6 is 0 Å². The molecule has 0 atom stereocenters. The standard InChI is InChI=1S/C17H32N4O/c1-21(2)15(22)17(11-7-8-12-17)13-19-16(18)20-14-9-5-3-4-6-10-14/h14H,3-13H2,1-2H3,(H3,18,19,20). The maximum absolute atomic E-state index is 12.5. The molecule has 0 aromatic heterocycles. The van der Waals surface area contributed by atoms with E-state index in [1.54, 1.807) is 4.90 Å². The van der Waals surface area contributed by atoms with Crippen LogP contribution in [0.5, 0.6) is 0 Å². The summed E-state index contributed by atoms with van der Waals surface area (Å²) in [4.78, 5) is 18.8. The van der Waals surface area contributed by atoms with E-state index >= 15 is 0 Å². The van der Waals surface area contributed by atoms with E-state index < -0.39 is 0 Å². The van der Waals surface area contributed by atoms with E-state index in [0.717, 1.165) is 25.7 Å². The first-order valence-corrected chi connectivity index (χ1v) is 8.82. The van der Waals surface area contributed by atoms with E-state index in [0.29, 0.717) is 18.5 Å². The summed E-state index contributed by atoms with van der Waals surface area (Å²) in [5, 5.41) is 3.37. The molecule has 0 unspecified atom stereocenters. The van der Waals surface area contributed by atoms with Gasteiger partial charge in [0.1, 0.15) is 0 Å². The first-order valence-electron chi connectivity index (χ1n) is 8.82. The first kappa shape index (κ1) is 17.1. The third kappa shape index (κ3) is 4.37. The highest BCUT2D eigenvalue weighted by atomic mass is 16.2. The Labute approximate surface area is 134 Å². The van der Waals surface area contributed by atoms with Gasteiger partial charge in [0.25, 0.3) is 0 Å². The zero-order valence-electron chi connectivity index (χ0n) is 14.2. The Hall–Kier alpha value is -1.26. The Bertz CT molecular complexity index is 391. The van der Waals surface area contributed by atoms with Gasteiger partial charge >= 0.3 is 0 Å². The fourth-order valence-electron chi connectivity index (χ4n) is 3.88. The minimum Gasteiger partial charge on any atom is -0.370 e. The number of aliphatic imine (C=N–C) groups is 1. The van der Waals surface area contributed by atoms with Gasteiger partial charge in [0.2, 0.25) is 5.91 Å². The summed E-state index contributed by atoms with van der Waals surface area (Å²) in [5.74, 6) is 0.723. The van der Waals surface area contributed by atoms with Crippen LogP contribution in [0.2, 0.25) is 0 Å². The highest BCUT2D eigenvalue weighted by Crippen LogP contribution is 2.39. The molecule has 0 aromatic carbocycles. The predicted molar refractivity (Wildman–Crippen MR) is 90.7 cm³/mol. The van der Waals surface area contributed by atoms with Crippen LogP contribution in [-0.4, -0.2) is 43.4 Å². The monoisotopic (exact) mass is 308 g/mol. The molecule has 0 radical (unpaired) electrons. The van der Waals surface area contributed by atoms with E-state index in [2.05, 4.69) is 10.3 Å². The van der Waals surface area contributed by atoms with Crippen molar-refractivity contribution in [3.63, 3.8) is 0 Å². The van der Waals surface area contributed by atoms with E-state index in [-0.39, 0.29) is 11.3 Å². The lowest BCUT2D eigenvalue weighted by molar-refractivity contribution is -0.138. The number of nitrogens with zero attached hydrogens (tertiary/aromatic N) is 2. The van der Waals surface area contributed by atoms with Crippen LogP contribution < -0.4 is 11.1 Å². The van der Waals surface area contributed by atoms with E-state index in [1.807, 2.05) is 14.1 Å². The van der Waals surface area contributed by atoms with Gasteiger partial charge in [0.15, 0.2) is 5.96 Å². The summed E-state index contributed by atoms with van der Waals surface area (Å²) in [7, 11) is 3.67. The molecule has 0 heterocycles. The van der Waals surface area contributed by atoms with E-state index in [1.165, 1.54) is 38.5 Å². The molecule has 0 saturated heterocycles. The third-order valence-corrected chi connectivity index (χ3v) is 5.18. The molecule has 126 valence electrons. The first-order chi connectivity index (χ1) is 10.5. The van der Waals surface area contributed by atoms with E-state index in [4.69, 9.17) is 5.73 Å². The summed E-state index contributed by atoms with van der Waals surface area (Å²) in [6, 6.07) is 0.454. The summed E-state index contributed by atoms with van der Waals surface area (Å²) in [6.45, 7) is 0.523. The molecule has 22 heavy (non-hydrogen) atoms. The average Bonchev–Trinajstić information content (AvgIpc) is 2.83. The molecule has 5 nitrogen and oxygen atoms in total. The van der Waals surface area contributed by atoms with Gasteiger partial charge in [-0.05, 0) is 25.7 Å². The maximum atomic E-state index is 12.5. The highest BCUT2D eigenvalue weighted by Gasteiger charge is 2.41. The van der Waals surface area contributed by atoms with Gasteiger partial charge in [0, 0.05) is 20.1 Å². The molecule has 1 amide bonds. The number of rotatable bonds is 4. The molecule has 2 aliphatic carbocycles. The Balaban J connectivity index is 1.93. The Kier molecular flexibility index (Phi) is 6.09. The van der Waals surface area contributed by atoms with Crippen LogP contribution in [0.4, 0.5) is 0 Å². The predicted octanol–water partition coefficient (Wildman–Crippen LogP) is 2.26. The number of hydrogen-bond donors (Lipinski definition) is 2. The van der Waals surface area contributed by atoms with Crippen molar-refractivity contribution in [1.82, 2.24) is 10.2 Å². The lowest BCUT2D eigenvalue weighted by atomic mass is 9.85. The number of hydrogen-bond acceptors (Lipinski definition) is 2. The smallest absolute Gasteiger partial charge is 0.230 e. The van der Waals surface area contributed by atoms with Gasteiger partial charge in [-0.3, -0.25) is 9.79 Å². The Morgan fingerprint density at radius 1 is 1.14 bits per heavy atom. The zero-order chi connectivity index (χ0) is 16.0. The van der Waals surface area contributed by atoms with Crippen molar-refractivity contribution >= 4 is 11.9 Å². The average molecular weight is 308 g/mol. The van der Waals surface area contributed by atoms with Gasteiger partial charge in [-0.2, -0.15) is 0 Å². The molecule has 0 aliphatic heterocycles. The molecule has 2 rings (SSSR count). The molecule has 2 aliphatic rings. The number of carbonyl (C=O) groups is 1. The number of guanidine groups is 1. The molecular formula is C17H32N4O. The minimum atomic E-state index is -0.320. The van der Waals surface area contributed by atoms with Crippen LogP contribution in [-0.2, 0) is 4.79 Å².